The molecule has 3 saturated heterocycles. The second-order valence-corrected chi connectivity index (χ2v) is 4.88. The van der Waals surface area contributed by atoms with Crippen molar-refractivity contribution >= 4 is 5.97 Å². The van der Waals surface area contributed by atoms with E-state index in [1.165, 1.54) is 45.4 Å². The summed E-state index contributed by atoms with van der Waals surface area (Å²) in [6.45, 7) is 9.65. The molecule has 0 unspecified atom stereocenters. The number of esters is 1. The molecule has 0 aromatic rings. The maximum atomic E-state index is 9.82. The van der Waals surface area contributed by atoms with Crippen molar-refractivity contribution < 1.29 is 23.7 Å². The molecule has 0 saturated carbocycles. The van der Waals surface area contributed by atoms with Gasteiger partial charge >= 0.3 is 5.97 Å². The van der Waals surface area contributed by atoms with Gasteiger partial charge in [0.05, 0.1) is 6.61 Å². The molecule has 126 valence electrons. The monoisotopic (exact) mass is 304 g/mol. The summed E-state index contributed by atoms with van der Waals surface area (Å²) in [6, 6.07) is 0. The molecule has 0 aliphatic carbocycles. The van der Waals surface area contributed by atoms with E-state index in [2.05, 4.69) is 4.74 Å². The molecule has 0 bridgehead atoms. The van der Waals surface area contributed by atoms with Crippen molar-refractivity contribution in [3.05, 3.63) is 0 Å². The Balaban J connectivity index is 0.000000254. The lowest BCUT2D eigenvalue weighted by molar-refractivity contribution is -0.140. The number of hydrogen-bond acceptors (Lipinski definition) is 5. The molecule has 5 nitrogen and oxygen atoms in total. The molecule has 21 heavy (non-hydrogen) atoms. The minimum Gasteiger partial charge on any atom is -0.466 e. The maximum absolute atomic E-state index is 9.82. The van der Waals surface area contributed by atoms with Gasteiger partial charge in [0.1, 0.15) is 0 Å². The van der Waals surface area contributed by atoms with Crippen LogP contribution in [0.1, 0.15) is 52.4 Å². The third-order valence-electron chi connectivity index (χ3n) is 2.83. The first-order valence-electron chi connectivity index (χ1n) is 8.14. The highest BCUT2D eigenvalue weighted by Gasteiger charge is 1.95. The standard InChI is InChI=1S/C4H8O2.3C4H8O/c1-3-6-4(2)5;3*1-2-4-5-3-1/h3H2,1-2H3;3*1-4H2. The molecule has 3 fully saturated rings. The number of carbonyl (C=O) groups excluding carboxylic acids is 1. The smallest absolute Gasteiger partial charge is 0.302 e. The van der Waals surface area contributed by atoms with Crippen LogP contribution in [0, 0.1) is 0 Å². The summed E-state index contributed by atoms with van der Waals surface area (Å²) in [6.07, 6.45) is 7.67. The Bertz CT molecular complexity index is 162. The highest BCUT2D eigenvalue weighted by Crippen LogP contribution is 1.99. The first kappa shape index (κ1) is 20.3. The van der Waals surface area contributed by atoms with Crippen LogP contribution in [0.4, 0.5) is 0 Å². The molecular weight excluding hydrogens is 272 g/mol. The van der Waals surface area contributed by atoms with Crippen molar-refractivity contribution in [2.75, 3.05) is 46.2 Å². The van der Waals surface area contributed by atoms with Crippen LogP contribution >= 0.6 is 0 Å². The summed E-state index contributed by atoms with van der Waals surface area (Å²) >= 11 is 0. The molecule has 0 amide bonds. The zero-order valence-electron chi connectivity index (χ0n) is 13.7. The predicted molar refractivity (Wildman–Crippen MR) is 82.5 cm³/mol. The Morgan fingerprint density at radius 3 is 1.10 bits per heavy atom. The molecule has 0 aromatic carbocycles. The Kier molecular flexibility index (Phi) is 16.9. The molecule has 3 aliphatic rings. The second kappa shape index (κ2) is 17.4. The van der Waals surface area contributed by atoms with Gasteiger partial charge in [0.25, 0.3) is 0 Å². The van der Waals surface area contributed by atoms with Gasteiger partial charge in [-0.3, -0.25) is 4.79 Å². The van der Waals surface area contributed by atoms with Crippen molar-refractivity contribution in [1.29, 1.82) is 0 Å². The summed E-state index contributed by atoms with van der Waals surface area (Å²) in [5.74, 6) is -0.211. The fourth-order valence-corrected chi connectivity index (χ4v) is 1.73. The van der Waals surface area contributed by atoms with Crippen LogP contribution in [0.5, 0.6) is 0 Å². The van der Waals surface area contributed by atoms with Crippen LogP contribution in [0.25, 0.3) is 0 Å². The molecule has 5 heteroatoms. The SMILES string of the molecule is C1CCOC1.C1CCOC1.C1CCOC1.CCOC(C)=O. The van der Waals surface area contributed by atoms with Gasteiger partial charge in [-0.1, -0.05) is 0 Å². The molecule has 0 aromatic heterocycles. The summed E-state index contributed by atoms with van der Waals surface area (Å²) in [4.78, 5) is 9.82. The van der Waals surface area contributed by atoms with Gasteiger partial charge < -0.3 is 18.9 Å². The Morgan fingerprint density at radius 1 is 0.762 bits per heavy atom. The molecule has 0 spiro atoms. The van der Waals surface area contributed by atoms with Gasteiger partial charge in [-0.2, -0.15) is 0 Å². The number of carbonyl (C=O) groups is 1. The summed E-state index contributed by atoms with van der Waals surface area (Å²) in [5, 5.41) is 0. The van der Waals surface area contributed by atoms with E-state index in [-0.39, 0.29) is 5.97 Å². The Morgan fingerprint density at radius 2 is 1.05 bits per heavy atom. The molecular formula is C16H32O5. The summed E-state index contributed by atoms with van der Waals surface area (Å²) < 4.78 is 19.2. The largest absolute Gasteiger partial charge is 0.466 e. The number of rotatable bonds is 1. The van der Waals surface area contributed by atoms with Crippen molar-refractivity contribution in [3.8, 4) is 0 Å². The van der Waals surface area contributed by atoms with Gasteiger partial charge in [0.2, 0.25) is 0 Å². The van der Waals surface area contributed by atoms with Crippen LogP contribution in [-0.4, -0.2) is 52.2 Å². The van der Waals surface area contributed by atoms with E-state index in [0.29, 0.717) is 6.61 Å². The number of ether oxygens (including phenoxy) is 4. The fourth-order valence-electron chi connectivity index (χ4n) is 1.73. The lowest BCUT2D eigenvalue weighted by atomic mass is 10.4. The minimum absolute atomic E-state index is 0.211. The van der Waals surface area contributed by atoms with Gasteiger partial charge in [-0.25, -0.2) is 0 Å². The van der Waals surface area contributed by atoms with Gasteiger partial charge in [0, 0.05) is 46.6 Å². The molecule has 0 radical (unpaired) electrons. The van der Waals surface area contributed by atoms with Gasteiger partial charge in [0.15, 0.2) is 0 Å². The zero-order valence-corrected chi connectivity index (χ0v) is 13.7. The average molecular weight is 304 g/mol. The lowest BCUT2D eigenvalue weighted by Crippen LogP contribution is -1.95. The first-order chi connectivity index (χ1) is 10.3. The van der Waals surface area contributed by atoms with Crippen LogP contribution in [0.2, 0.25) is 0 Å². The Hall–Kier alpha value is -0.650. The van der Waals surface area contributed by atoms with E-state index in [1.54, 1.807) is 6.92 Å². The minimum atomic E-state index is -0.211. The van der Waals surface area contributed by atoms with E-state index >= 15 is 0 Å². The molecule has 0 atom stereocenters. The van der Waals surface area contributed by atoms with E-state index in [0.717, 1.165) is 39.6 Å². The Labute approximate surface area is 129 Å². The zero-order chi connectivity index (χ0) is 15.6. The fraction of sp³-hybridized carbons (Fsp3) is 0.938. The normalized spacial score (nSPS) is 19.3. The quantitative estimate of drug-likeness (QED) is 0.697. The average Bonchev–Trinajstić information content (AvgIpc) is 3.24. The van der Waals surface area contributed by atoms with E-state index in [4.69, 9.17) is 14.2 Å². The molecule has 3 heterocycles. The summed E-state index contributed by atoms with van der Waals surface area (Å²) in [7, 11) is 0. The van der Waals surface area contributed by atoms with Crippen LogP contribution in [0.15, 0.2) is 0 Å². The highest BCUT2D eigenvalue weighted by atomic mass is 16.5. The van der Waals surface area contributed by atoms with Gasteiger partial charge in [-0.05, 0) is 45.4 Å². The maximum Gasteiger partial charge on any atom is 0.302 e. The third kappa shape index (κ3) is 19.4. The predicted octanol–water partition coefficient (Wildman–Crippen LogP) is 2.96. The van der Waals surface area contributed by atoms with Crippen LogP contribution in [-0.2, 0) is 23.7 Å². The van der Waals surface area contributed by atoms with Crippen LogP contribution in [0.3, 0.4) is 0 Å². The van der Waals surface area contributed by atoms with Crippen molar-refractivity contribution in [3.63, 3.8) is 0 Å². The van der Waals surface area contributed by atoms with Crippen molar-refractivity contribution in [2.45, 2.75) is 52.4 Å². The van der Waals surface area contributed by atoms with Gasteiger partial charge in [-0.15, -0.1) is 0 Å². The molecule has 0 N–H and O–H groups in total. The highest BCUT2D eigenvalue weighted by molar-refractivity contribution is 5.65. The third-order valence-corrected chi connectivity index (χ3v) is 2.83. The van der Waals surface area contributed by atoms with Crippen LogP contribution < -0.4 is 0 Å². The van der Waals surface area contributed by atoms with E-state index in [1.807, 2.05) is 0 Å². The van der Waals surface area contributed by atoms with Crippen molar-refractivity contribution in [2.24, 2.45) is 0 Å². The van der Waals surface area contributed by atoms with E-state index in [9.17, 15) is 4.79 Å². The topological polar surface area (TPSA) is 54.0 Å². The number of hydrogen-bond donors (Lipinski definition) is 0. The molecule has 3 rings (SSSR count). The second-order valence-electron chi connectivity index (χ2n) is 4.88. The summed E-state index contributed by atoms with van der Waals surface area (Å²) in [5.41, 5.74) is 0. The lowest BCUT2D eigenvalue weighted by Gasteiger charge is -1.89. The molecule has 3 aliphatic heterocycles. The van der Waals surface area contributed by atoms with Crippen molar-refractivity contribution in [1.82, 2.24) is 0 Å². The van der Waals surface area contributed by atoms with E-state index < -0.39 is 0 Å². The first-order valence-corrected chi connectivity index (χ1v) is 8.14.